The highest BCUT2D eigenvalue weighted by Crippen LogP contribution is 2.38. The molecule has 0 aliphatic rings. The highest BCUT2D eigenvalue weighted by molar-refractivity contribution is 5.79. The van der Waals surface area contributed by atoms with Gasteiger partial charge in [0.1, 0.15) is 5.82 Å². The van der Waals surface area contributed by atoms with Gasteiger partial charge in [-0.1, -0.05) is 12.1 Å². The Kier molecular flexibility index (Phi) is 7.08. The highest BCUT2D eigenvalue weighted by Gasteiger charge is 2.13. The van der Waals surface area contributed by atoms with Crippen LogP contribution in [0.3, 0.4) is 0 Å². The summed E-state index contributed by atoms with van der Waals surface area (Å²) >= 11 is 0. The van der Waals surface area contributed by atoms with Gasteiger partial charge in [-0.25, -0.2) is 4.39 Å². The molecular formula is C19H24FN3O3. The number of ether oxygens (including phenoxy) is 3. The number of hydrogen-bond donors (Lipinski definition) is 2. The minimum absolute atomic E-state index is 0.251. The largest absolute Gasteiger partial charge is 0.493 e. The number of nitrogens with zero attached hydrogens (tertiary/aromatic N) is 1. The second kappa shape index (κ2) is 9.50. The molecule has 0 saturated carbocycles. The molecule has 7 heteroatoms. The molecule has 0 radical (unpaired) electrons. The minimum atomic E-state index is -0.251. The van der Waals surface area contributed by atoms with Gasteiger partial charge in [0.25, 0.3) is 0 Å². The first-order valence-corrected chi connectivity index (χ1v) is 8.09. The summed E-state index contributed by atoms with van der Waals surface area (Å²) < 4.78 is 29.0. The Hall–Kier alpha value is -2.96. The van der Waals surface area contributed by atoms with Crippen molar-refractivity contribution in [1.82, 2.24) is 10.6 Å². The molecule has 2 aromatic carbocycles. The van der Waals surface area contributed by atoms with Gasteiger partial charge in [0.2, 0.25) is 5.75 Å². The summed E-state index contributed by atoms with van der Waals surface area (Å²) in [6.07, 6.45) is 0. The molecule has 2 rings (SSSR count). The van der Waals surface area contributed by atoms with Crippen LogP contribution in [0.25, 0.3) is 0 Å². The van der Waals surface area contributed by atoms with E-state index in [1.54, 1.807) is 40.5 Å². The third-order valence-corrected chi connectivity index (χ3v) is 3.78. The molecule has 26 heavy (non-hydrogen) atoms. The number of guanidine groups is 1. The lowest BCUT2D eigenvalue weighted by Crippen LogP contribution is -2.36. The number of aliphatic imine (C=N–C) groups is 1. The Balaban J connectivity index is 2.00. The normalized spacial score (nSPS) is 11.0. The zero-order chi connectivity index (χ0) is 18.9. The first-order valence-electron chi connectivity index (χ1n) is 8.09. The van der Waals surface area contributed by atoms with Crippen LogP contribution in [0.15, 0.2) is 41.4 Å². The third kappa shape index (κ3) is 5.02. The maximum absolute atomic E-state index is 13.0. The zero-order valence-corrected chi connectivity index (χ0v) is 15.4. The minimum Gasteiger partial charge on any atom is -0.493 e. The van der Waals surface area contributed by atoms with E-state index in [1.807, 2.05) is 12.1 Å². The molecule has 0 aliphatic carbocycles. The van der Waals surface area contributed by atoms with E-state index in [1.165, 1.54) is 12.1 Å². The second-order valence-electron chi connectivity index (χ2n) is 5.44. The summed E-state index contributed by atoms with van der Waals surface area (Å²) in [4.78, 5) is 4.19. The number of nitrogens with one attached hydrogen (secondary N) is 2. The molecule has 0 saturated heterocycles. The predicted octanol–water partition coefficient (Wildman–Crippen LogP) is 2.72. The third-order valence-electron chi connectivity index (χ3n) is 3.78. The number of hydrogen-bond acceptors (Lipinski definition) is 4. The summed E-state index contributed by atoms with van der Waals surface area (Å²) in [7, 11) is 6.42. The van der Waals surface area contributed by atoms with Gasteiger partial charge in [-0.3, -0.25) is 4.99 Å². The molecule has 2 aromatic rings. The Bertz CT molecular complexity index is 723. The van der Waals surface area contributed by atoms with Crippen LogP contribution in [0.4, 0.5) is 4.39 Å². The standard InChI is InChI=1S/C19H24FN3O3/c1-21-19(22-11-13-5-7-15(20)8-6-13)23-12-14-9-16(24-2)18(26-4)17(10-14)25-3/h5-10H,11-12H2,1-4H3,(H2,21,22,23). The fourth-order valence-electron chi connectivity index (χ4n) is 2.43. The molecule has 0 bridgehead atoms. The fourth-order valence-corrected chi connectivity index (χ4v) is 2.43. The molecule has 2 N–H and O–H groups in total. The van der Waals surface area contributed by atoms with Crippen LogP contribution in [-0.4, -0.2) is 34.3 Å². The Morgan fingerprint density at radius 1 is 0.885 bits per heavy atom. The molecule has 0 unspecified atom stereocenters. The van der Waals surface area contributed by atoms with Gasteiger partial charge in [0.05, 0.1) is 21.3 Å². The molecule has 0 amide bonds. The lowest BCUT2D eigenvalue weighted by molar-refractivity contribution is 0.323. The van der Waals surface area contributed by atoms with Crippen molar-refractivity contribution < 1.29 is 18.6 Å². The smallest absolute Gasteiger partial charge is 0.203 e. The van der Waals surface area contributed by atoms with Crippen LogP contribution < -0.4 is 24.8 Å². The highest BCUT2D eigenvalue weighted by atomic mass is 19.1. The van der Waals surface area contributed by atoms with Crippen molar-refractivity contribution in [3.05, 3.63) is 53.3 Å². The maximum Gasteiger partial charge on any atom is 0.203 e. The van der Waals surface area contributed by atoms with Gasteiger partial charge in [-0.05, 0) is 35.4 Å². The van der Waals surface area contributed by atoms with Crippen molar-refractivity contribution in [2.24, 2.45) is 4.99 Å². The van der Waals surface area contributed by atoms with E-state index in [-0.39, 0.29) is 5.82 Å². The van der Waals surface area contributed by atoms with Crippen LogP contribution in [0.1, 0.15) is 11.1 Å². The summed E-state index contributed by atoms with van der Waals surface area (Å²) in [5, 5.41) is 6.40. The second-order valence-corrected chi connectivity index (χ2v) is 5.44. The van der Waals surface area contributed by atoms with Crippen molar-refractivity contribution in [2.45, 2.75) is 13.1 Å². The summed E-state index contributed by atoms with van der Waals surface area (Å²) in [6.45, 7) is 1.05. The van der Waals surface area contributed by atoms with Gasteiger partial charge in [-0.2, -0.15) is 0 Å². The monoisotopic (exact) mass is 361 g/mol. The molecule has 0 spiro atoms. The SMILES string of the molecule is CN=C(NCc1ccc(F)cc1)NCc1cc(OC)c(OC)c(OC)c1. The number of rotatable bonds is 7. The van der Waals surface area contributed by atoms with E-state index < -0.39 is 0 Å². The molecule has 0 heterocycles. The zero-order valence-electron chi connectivity index (χ0n) is 15.4. The van der Waals surface area contributed by atoms with Gasteiger partial charge in [0.15, 0.2) is 17.5 Å². The summed E-state index contributed by atoms with van der Waals surface area (Å²) in [5.74, 6) is 2.12. The van der Waals surface area contributed by atoms with Crippen molar-refractivity contribution >= 4 is 5.96 Å². The van der Waals surface area contributed by atoms with Crippen molar-refractivity contribution in [2.75, 3.05) is 28.4 Å². The first kappa shape index (κ1) is 19.4. The fraction of sp³-hybridized carbons (Fsp3) is 0.316. The topological polar surface area (TPSA) is 64.1 Å². The molecule has 0 fully saturated rings. The van der Waals surface area contributed by atoms with Gasteiger partial charge in [0, 0.05) is 20.1 Å². The summed E-state index contributed by atoms with van der Waals surface area (Å²) in [5.41, 5.74) is 1.91. The van der Waals surface area contributed by atoms with Crippen LogP contribution in [0.5, 0.6) is 17.2 Å². The maximum atomic E-state index is 13.0. The quantitative estimate of drug-likeness (QED) is 0.586. The van der Waals surface area contributed by atoms with Crippen LogP contribution >= 0.6 is 0 Å². The summed E-state index contributed by atoms with van der Waals surface area (Å²) in [6, 6.07) is 10.1. The molecule has 0 aromatic heterocycles. The molecule has 0 atom stereocenters. The lowest BCUT2D eigenvalue weighted by atomic mass is 10.2. The van der Waals surface area contributed by atoms with Crippen LogP contribution in [0, 0.1) is 5.82 Å². The molecular weight excluding hydrogens is 337 g/mol. The average Bonchev–Trinajstić information content (AvgIpc) is 2.68. The van der Waals surface area contributed by atoms with Gasteiger partial charge in [-0.15, -0.1) is 0 Å². The van der Waals surface area contributed by atoms with Gasteiger partial charge < -0.3 is 24.8 Å². The van der Waals surface area contributed by atoms with E-state index in [0.717, 1.165) is 11.1 Å². The van der Waals surface area contributed by atoms with Crippen LogP contribution in [-0.2, 0) is 13.1 Å². The van der Waals surface area contributed by atoms with E-state index >= 15 is 0 Å². The average molecular weight is 361 g/mol. The molecule has 6 nitrogen and oxygen atoms in total. The number of halogens is 1. The molecule has 140 valence electrons. The number of methoxy groups -OCH3 is 3. The van der Waals surface area contributed by atoms with E-state index in [9.17, 15) is 4.39 Å². The Morgan fingerprint density at radius 2 is 1.42 bits per heavy atom. The molecule has 0 aliphatic heterocycles. The van der Waals surface area contributed by atoms with Gasteiger partial charge >= 0.3 is 0 Å². The van der Waals surface area contributed by atoms with E-state index in [2.05, 4.69) is 15.6 Å². The van der Waals surface area contributed by atoms with Crippen molar-refractivity contribution in [1.29, 1.82) is 0 Å². The van der Waals surface area contributed by atoms with Crippen molar-refractivity contribution in [3.63, 3.8) is 0 Å². The lowest BCUT2D eigenvalue weighted by Gasteiger charge is -2.16. The predicted molar refractivity (Wildman–Crippen MR) is 99.5 cm³/mol. The first-order chi connectivity index (χ1) is 12.6. The Labute approximate surface area is 153 Å². The number of benzene rings is 2. The van der Waals surface area contributed by atoms with Crippen LogP contribution in [0.2, 0.25) is 0 Å². The van der Waals surface area contributed by atoms with E-state index in [4.69, 9.17) is 14.2 Å². The van der Waals surface area contributed by atoms with Crippen molar-refractivity contribution in [3.8, 4) is 17.2 Å². The Morgan fingerprint density at radius 3 is 1.88 bits per heavy atom. The van der Waals surface area contributed by atoms with E-state index in [0.29, 0.717) is 36.3 Å².